The molecular formula is C14H16N2O2. The van der Waals surface area contributed by atoms with Gasteiger partial charge >= 0.3 is 5.69 Å². The van der Waals surface area contributed by atoms with E-state index >= 15 is 0 Å². The van der Waals surface area contributed by atoms with Crippen molar-refractivity contribution in [3.05, 3.63) is 46.5 Å². The van der Waals surface area contributed by atoms with Crippen LogP contribution in [0.15, 0.2) is 35.3 Å². The maximum Gasteiger partial charge on any atom is 0.345 e. The Bertz CT molecular complexity index is 603. The van der Waals surface area contributed by atoms with Crippen molar-refractivity contribution in [2.45, 2.75) is 26.9 Å². The van der Waals surface area contributed by atoms with Crippen LogP contribution in [0.25, 0.3) is 11.3 Å². The molecule has 0 aliphatic carbocycles. The van der Waals surface area contributed by atoms with E-state index in [4.69, 9.17) is 4.74 Å². The molecule has 1 N–H and O–H groups in total. The zero-order chi connectivity index (χ0) is 13.1. The van der Waals surface area contributed by atoms with Crippen molar-refractivity contribution >= 4 is 0 Å². The van der Waals surface area contributed by atoms with Crippen LogP contribution in [-0.2, 0) is 0 Å². The zero-order valence-electron chi connectivity index (χ0n) is 10.7. The number of ether oxygens (including phenoxy) is 1. The van der Waals surface area contributed by atoms with Crippen LogP contribution in [0, 0.1) is 6.92 Å². The highest BCUT2D eigenvalue weighted by atomic mass is 16.5. The molecule has 0 aliphatic heterocycles. The third-order valence-electron chi connectivity index (χ3n) is 2.50. The van der Waals surface area contributed by atoms with Crippen LogP contribution in [0.5, 0.6) is 5.75 Å². The van der Waals surface area contributed by atoms with Crippen molar-refractivity contribution in [3.63, 3.8) is 0 Å². The molecule has 0 bridgehead atoms. The van der Waals surface area contributed by atoms with Gasteiger partial charge in [0.25, 0.3) is 0 Å². The average Bonchev–Trinajstić information content (AvgIpc) is 2.32. The van der Waals surface area contributed by atoms with Crippen LogP contribution in [0.3, 0.4) is 0 Å². The van der Waals surface area contributed by atoms with Crippen molar-refractivity contribution in [1.29, 1.82) is 0 Å². The molecule has 0 aliphatic rings. The minimum atomic E-state index is -0.342. The van der Waals surface area contributed by atoms with Gasteiger partial charge in [0, 0.05) is 11.8 Å². The fraction of sp³-hybridized carbons (Fsp3) is 0.286. The molecule has 4 heteroatoms. The largest absolute Gasteiger partial charge is 0.491 e. The van der Waals surface area contributed by atoms with E-state index in [9.17, 15) is 4.79 Å². The highest BCUT2D eigenvalue weighted by molar-refractivity contribution is 5.63. The average molecular weight is 244 g/mol. The summed E-state index contributed by atoms with van der Waals surface area (Å²) >= 11 is 0. The smallest absolute Gasteiger partial charge is 0.345 e. The van der Waals surface area contributed by atoms with Crippen LogP contribution in [-0.4, -0.2) is 16.1 Å². The van der Waals surface area contributed by atoms with Gasteiger partial charge in [-0.25, -0.2) is 9.78 Å². The minimum Gasteiger partial charge on any atom is -0.491 e. The first-order valence-electron chi connectivity index (χ1n) is 5.89. The van der Waals surface area contributed by atoms with E-state index in [1.807, 2.05) is 45.0 Å². The topological polar surface area (TPSA) is 55.0 Å². The molecule has 1 aromatic heterocycles. The monoisotopic (exact) mass is 244 g/mol. The Morgan fingerprint density at radius 2 is 2.11 bits per heavy atom. The summed E-state index contributed by atoms with van der Waals surface area (Å²) in [5, 5.41) is 0. The third kappa shape index (κ3) is 2.77. The molecule has 0 spiro atoms. The molecule has 0 saturated heterocycles. The molecule has 0 atom stereocenters. The van der Waals surface area contributed by atoms with E-state index in [0.29, 0.717) is 0 Å². The van der Waals surface area contributed by atoms with Crippen LogP contribution in [0.2, 0.25) is 0 Å². The van der Waals surface area contributed by atoms with Crippen LogP contribution in [0.1, 0.15) is 19.4 Å². The number of hydrogen-bond acceptors (Lipinski definition) is 3. The Labute approximate surface area is 106 Å². The Morgan fingerprint density at radius 3 is 2.83 bits per heavy atom. The second-order valence-electron chi connectivity index (χ2n) is 4.44. The Kier molecular flexibility index (Phi) is 3.46. The second kappa shape index (κ2) is 5.04. The summed E-state index contributed by atoms with van der Waals surface area (Å²) in [5.41, 5.74) is 2.29. The van der Waals surface area contributed by atoms with Gasteiger partial charge in [-0.3, -0.25) is 0 Å². The van der Waals surface area contributed by atoms with Crippen molar-refractivity contribution in [3.8, 4) is 17.0 Å². The minimum absolute atomic E-state index is 0.123. The summed E-state index contributed by atoms with van der Waals surface area (Å²) in [6, 6.07) is 7.66. The highest BCUT2D eigenvalue weighted by Crippen LogP contribution is 2.24. The van der Waals surface area contributed by atoms with Gasteiger partial charge in [-0.2, -0.15) is 0 Å². The maximum absolute atomic E-state index is 11.3. The van der Waals surface area contributed by atoms with E-state index in [1.165, 1.54) is 0 Å². The van der Waals surface area contributed by atoms with Crippen LogP contribution in [0.4, 0.5) is 0 Å². The first-order valence-corrected chi connectivity index (χ1v) is 5.89. The third-order valence-corrected chi connectivity index (χ3v) is 2.50. The first-order chi connectivity index (χ1) is 8.56. The molecule has 2 aromatic rings. The molecule has 0 saturated carbocycles. The fourth-order valence-electron chi connectivity index (χ4n) is 1.75. The molecule has 1 heterocycles. The number of aromatic amines is 1. The van der Waals surface area contributed by atoms with Crippen molar-refractivity contribution in [1.82, 2.24) is 9.97 Å². The Balaban J connectivity index is 2.44. The number of nitrogens with zero attached hydrogens (tertiary/aromatic N) is 1. The van der Waals surface area contributed by atoms with Crippen molar-refractivity contribution in [2.24, 2.45) is 0 Å². The quantitative estimate of drug-likeness (QED) is 0.902. The van der Waals surface area contributed by atoms with E-state index in [-0.39, 0.29) is 11.8 Å². The predicted molar refractivity (Wildman–Crippen MR) is 70.8 cm³/mol. The molecule has 0 fully saturated rings. The van der Waals surface area contributed by atoms with Gasteiger partial charge < -0.3 is 9.72 Å². The summed E-state index contributed by atoms with van der Waals surface area (Å²) in [6.45, 7) is 5.87. The number of nitrogens with one attached hydrogen (secondary N) is 1. The summed E-state index contributed by atoms with van der Waals surface area (Å²) in [4.78, 5) is 17.7. The van der Waals surface area contributed by atoms with Gasteiger partial charge in [0.1, 0.15) is 5.75 Å². The lowest BCUT2D eigenvalue weighted by Gasteiger charge is -2.11. The van der Waals surface area contributed by atoms with Crippen LogP contribution < -0.4 is 10.4 Å². The normalized spacial score (nSPS) is 10.7. The molecule has 94 valence electrons. The summed E-state index contributed by atoms with van der Waals surface area (Å²) in [6.07, 6.45) is 1.70. The van der Waals surface area contributed by atoms with Gasteiger partial charge in [-0.05, 0) is 38.5 Å². The van der Waals surface area contributed by atoms with Gasteiger partial charge in [0.15, 0.2) is 0 Å². The zero-order valence-corrected chi connectivity index (χ0v) is 10.7. The number of rotatable bonds is 3. The number of aromatic nitrogens is 2. The van der Waals surface area contributed by atoms with Gasteiger partial charge in [-0.1, -0.05) is 12.1 Å². The predicted octanol–water partition coefficient (Wildman–Crippen LogP) is 2.53. The van der Waals surface area contributed by atoms with Gasteiger partial charge in [0.2, 0.25) is 0 Å². The summed E-state index contributed by atoms with van der Waals surface area (Å²) in [7, 11) is 0. The number of aryl methyl sites for hydroxylation is 1. The molecule has 4 nitrogen and oxygen atoms in total. The second-order valence-corrected chi connectivity index (χ2v) is 4.44. The van der Waals surface area contributed by atoms with E-state index in [2.05, 4.69) is 9.97 Å². The van der Waals surface area contributed by atoms with Crippen LogP contribution >= 0.6 is 0 Å². The maximum atomic E-state index is 11.3. The molecule has 0 radical (unpaired) electrons. The Morgan fingerprint density at radius 1 is 1.33 bits per heavy atom. The van der Waals surface area contributed by atoms with E-state index < -0.39 is 0 Å². The van der Waals surface area contributed by atoms with E-state index in [0.717, 1.165) is 22.6 Å². The number of H-pyrrole nitrogens is 1. The van der Waals surface area contributed by atoms with Gasteiger partial charge in [-0.15, -0.1) is 0 Å². The molecule has 2 rings (SSSR count). The Hall–Kier alpha value is -2.10. The highest BCUT2D eigenvalue weighted by Gasteiger charge is 2.05. The molecule has 0 amide bonds. The molecular weight excluding hydrogens is 228 g/mol. The van der Waals surface area contributed by atoms with E-state index in [1.54, 1.807) is 6.20 Å². The number of benzene rings is 1. The SMILES string of the molecule is Cc1cnc(=O)[nH]c1-c1cccc(OC(C)C)c1. The molecule has 18 heavy (non-hydrogen) atoms. The standard InChI is InChI=1S/C14H16N2O2/c1-9(2)18-12-6-4-5-11(7-12)13-10(3)8-15-14(17)16-13/h4-9H,1-3H3,(H,15,16,17). The summed E-state index contributed by atoms with van der Waals surface area (Å²) in [5.74, 6) is 0.791. The molecule has 0 unspecified atom stereocenters. The first kappa shape index (κ1) is 12.4. The van der Waals surface area contributed by atoms with Gasteiger partial charge in [0.05, 0.1) is 11.8 Å². The lowest BCUT2D eigenvalue weighted by molar-refractivity contribution is 0.242. The van der Waals surface area contributed by atoms with Crippen molar-refractivity contribution < 1.29 is 4.74 Å². The molecule has 1 aromatic carbocycles. The summed E-state index contributed by atoms with van der Waals surface area (Å²) < 4.78 is 5.64. The lowest BCUT2D eigenvalue weighted by atomic mass is 10.1. The fourth-order valence-corrected chi connectivity index (χ4v) is 1.75. The number of hydrogen-bond donors (Lipinski definition) is 1. The van der Waals surface area contributed by atoms with Crippen molar-refractivity contribution in [2.75, 3.05) is 0 Å². The lowest BCUT2D eigenvalue weighted by Crippen LogP contribution is -2.11.